The quantitative estimate of drug-likeness (QED) is 0.802. The van der Waals surface area contributed by atoms with E-state index < -0.39 is 12.0 Å². The van der Waals surface area contributed by atoms with Gasteiger partial charge in [-0.2, -0.15) is 0 Å². The Morgan fingerprint density at radius 3 is 3.00 bits per heavy atom. The first-order valence-corrected chi connectivity index (χ1v) is 4.96. The van der Waals surface area contributed by atoms with Gasteiger partial charge in [-0.1, -0.05) is 23.2 Å². The molecule has 0 radical (unpaired) electrons. The van der Waals surface area contributed by atoms with Crippen LogP contribution in [0.2, 0.25) is 0 Å². The van der Waals surface area contributed by atoms with Crippen LogP contribution in [0.1, 0.15) is 0 Å². The summed E-state index contributed by atoms with van der Waals surface area (Å²) < 4.78 is 5.07. The van der Waals surface area contributed by atoms with Crippen molar-refractivity contribution in [3.63, 3.8) is 0 Å². The molecule has 4 nitrogen and oxygen atoms in total. The zero-order valence-corrected chi connectivity index (χ0v) is 8.96. The molecule has 0 amide bonds. The molecule has 1 N–H and O–H groups in total. The van der Waals surface area contributed by atoms with E-state index in [-0.39, 0.29) is 6.61 Å². The predicted molar refractivity (Wildman–Crippen MR) is 53.6 cm³/mol. The van der Waals surface area contributed by atoms with Gasteiger partial charge in [0.15, 0.2) is 0 Å². The first-order valence-electron chi connectivity index (χ1n) is 4.14. The molecule has 1 saturated heterocycles. The van der Waals surface area contributed by atoms with E-state index in [1.165, 1.54) is 5.54 Å². The van der Waals surface area contributed by atoms with Crippen LogP contribution in [0.25, 0.3) is 0 Å². The highest BCUT2D eigenvalue weighted by Gasteiger charge is 2.29. The normalized spacial score (nSPS) is 25.0. The molecule has 0 spiro atoms. The van der Waals surface area contributed by atoms with Gasteiger partial charge in [0.25, 0.3) is 0 Å². The molecular weight excluding hydrogens is 229 g/mol. The lowest BCUT2D eigenvalue weighted by atomic mass is 10.2. The summed E-state index contributed by atoms with van der Waals surface area (Å²) in [5.74, 6) is -0.899. The lowest BCUT2D eigenvalue weighted by molar-refractivity contribution is -0.149. The summed E-state index contributed by atoms with van der Waals surface area (Å²) in [7, 11) is 0. The maximum atomic E-state index is 10.8. The highest BCUT2D eigenvalue weighted by atomic mass is 35.5. The first kappa shape index (κ1) is 11.8. The van der Waals surface area contributed by atoms with Crippen molar-refractivity contribution in [3.05, 3.63) is 10.6 Å². The minimum atomic E-state index is -0.899. The molecule has 1 unspecified atom stereocenters. The molecule has 1 aliphatic heterocycles. The number of carboxylic acids is 1. The summed E-state index contributed by atoms with van der Waals surface area (Å²) in [5, 5.41) is 9.31. The van der Waals surface area contributed by atoms with Gasteiger partial charge in [0, 0.05) is 23.7 Å². The molecule has 1 atom stereocenters. The molecule has 0 bridgehead atoms. The largest absolute Gasteiger partial charge is 0.480 e. The summed E-state index contributed by atoms with van der Waals surface area (Å²) in [6.45, 7) is 1.63. The number of rotatable bonds is 3. The number of carbonyl (C=O) groups is 1. The number of halogens is 2. The molecule has 6 heteroatoms. The third-order valence-corrected chi connectivity index (χ3v) is 2.60. The van der Waals surface area contributed by atoms with Crippen molar-refractivity contribution >= 4 is 29.2 Å². The monoisotopic (exact) mass is 239 g/mol. The molecule has 1 heterocycles. The average Bonchev–Trinajstić information content (AvgIpc) is 2.18. The van der Waals surface area contributed by atoms with E-state index in [1.807, 2.05) is 0 Å². The van der Waals surface area contributed by atoms with Crippen LogP contribution in [0.15, 0.2) is 10.6 Å². The highest BCUT2D eigenvalue weighted by Crippen LogP contribution is 2.12. The molecule has 80 valence electrons. The van der Waals surface area contributed by atoms with Gasteiger partial charge in [-0.05, 0) is 0 Å². The van der Waals surface area contributed by atoms with Crippen LogP contribution in [0.5, 0.6) is 0 Å². The van der Waals surface area contributed by atoms with Crippen LogP contribution in [0.4, 0.5) is 0 Å². The maximum Gasteiger partial charge on any atom is 0.323 e. The van der Waals surface area contributed by atoms with Gasteiger partial charge in [0.1, 0.15) is 6.04 Å². The van der Waals surface area contributed by atoms with E-state index in [0.717, 1.165) is 0 Å². The van der Waals surface area contributed by atoms with Crippen molar-refractivity contribution in [3.8, 4) is 0 Å². The van der Waals surface area contributed by atoms with Gasteiger partial charge in [-0.25, -0.2) is 0 Å². The van der Waals surface area contributed by atoms with Crippen LogP contribution >= 0.6 is 23.2 Å². The van der Waals surface area contributed by atoms with Gasteiger partial charge in [-0.3, -0.25) is 9.69 Å². The second-order valence-electron chi connectivity index (χ2n) is 2.96. The van der Waals surface area contributed by atoms with Crippen molar-refractivity contribution in [2.45, 2.75) is 6.04 Å². The topological polar surface area (TPSA) is 49.8 Å². The summed E-state index contributed by atoms with van der Waals surface area (Å²) in [4.78, 5) is 12.5. The Bertz CT molecular complexity index is 245. The SMILES string of the molecule is O=C(O)C1COCCN1C/C(Cl)=C/Cl. The van der Waals surface area contributed by atoms with Crippen LogP contribution in [-0.4, -0.2) is 48.3 Å². The van der Waals surface area contributed by atoms with Crippen molar-refractivity contribution in [1.29, 1.82) is 0 Å². The predicted octanol–water partition coefficient (Wildman–Crippen LogP) is 1.09. The Morgan fingerprint density at radius 2 is 2.43 bits per heavy atom. The standard InChI is InChI=1S/C8H11Cl2NO3/c9-3-6(10)4-11-1-2-14-5-7(11)8(12)13/h3,7H,1-2,4-5H2,(H,12,13)/b6-3-. The molecule has 0 aromatic rings. The number of ether oxygens (including phenoxy) is 1. The Morgan fingerprint density at radius 1 is 1.71 bits per heavy atom. The van der Waals surface area contributed by atoms with Crippen molar-refractivity contribution < 1.29 is 14.6 Å². The van der Waals surface area contributed by atoms with Gasteiger partial charge in [0.05, 0.1) is 13.2 Å². The molecule has 1 aliphatic rings. The highest BCUT2D eigenvalue weighted by molar-refractivity contribution is 6.36. The molecule has 0 aromatic carbocycles. The van der Waals surface area contributed by atoms with Crippen molar-refractivity contribution in [2.24, 2.45) is 0 Å². The zero-order chi connectivity index (χ0) is 10.6. The molecule has 0 aliphatic carbocycles. The number of carboxylic acid groups (broad SMARTS) is 1. The number of morpholine rings is 1. The summed E-state index contributed by atoms with van der Waals surface area (Å²) in [5.41, 5.74) is 1.25. The van der Waals surface area contributed by atoms with E-state index in [1.54, 1.807) is 4.90 Å². The molecule has 0 saturated carbocycles. The maximum absolute atomic E-state index is 10.8. The fourth-order valence-electron chi connectivity index (χ4n) is 1.28. The average molecular weight is 240 g/mol. The van der Waals surface area contributed by atoms with Crippen molar-refractivity contribution in [1.82, 2.24) is 4.90 Å². The summed E-state index contributed by atoms with van der Waals surface area (Å²) >= 11 is 11.1. The van der Waals surface area contributed by atoms with Gasteiger partial charge in [0.2, 0.25) is 0 Å². The third kappa shape index (κ3) is 3.13. The lowest BCUT2D eigenvalue weighted by Crippen LogP contribution is -2.50. The molecule has 1 fully saturated rings. The number of nitrogens with zero attached hydrogens (tertiary/aromatic N) is 1. The zero-order valence-electron chi connectivity index (χ0n) is 7.45. The molecule has 1 rings (SSSR count). The number of hydrogen-bond donors (Lipinski definition) is 1. The Kier molecular flexibility index (Phi) is 4.68. The number of hydrogen-bond acceptors (Lipinski definition) is 3. The minimum absolute atomic E-state index is 0.196. The summed E-state index contributed by atoms with van der Waals surface area (Å²) in [6, 6.07) is -0.630. The Balaban J connectivity index is 2.58. The third-order valence-electron chi connectivity index (χ3n) is 2.00. The van der Waals surface area contributed by atoms with Crippen LogP contribution in [0.3, 0.4) is 0 Å². The van der Waals surface area contributed by atoms with E-state index in [0.29, 0.717) is 24.7 Å². The molecular formula is C8H11Cl2NO3. The van der Waals surface area contributed by atoms with Gasteiger partial charge >= 0.3 is 5.97 Å². The molecule has 0 aromatic heterocycles. The summed E-state index contributed by atoms with van der Waals surface area (Å²) in [6.07, 6.45) is 0. The van der Waals surface area contributed by atoms with Crippen LogP contribution < -0.4 is 0 Å². The van der Waals surface area contributed by atoms with Gasteiger partial charge in [-0.15, -0.1) is 0 Å². The van der Waals surface area contributed by atoms with Crippen LogP contribution in [0, 0.1) is 0 Å². The Labute approximate surface area is 92.0 Å². The number of aliphatic carboxylic acids is 1. The van der Waals surface area contributed by atoms with Crippen LogP contribution in [-0.2, 0) is 9.53 Å². The second-order valence-corrected chi connectivity index (χ2v) is 3.66. The fraction of sp³-hybridized carbons (Fsp3) is 0.625. The smallest absolute Gasteiger partial charge is 0.323 e. The lowest BCUT2D eigenvalue weighted by Gasteiger charge is -2.32. The molecule has 14 heavy (non-hydrogen) atoms. The van der Waals surface area contributed by atoms with Gasteiger partial charge < -0.3 is 9.84 Å². The first-order chi connectivity index (χ1) is 6.65. The fourth-order valence-corrected chi connectivity index (χ4v) is 1.51. The van der Waals surface area contributed by atoms with E-state index >= 15 is 0 Å². The van der Waals surface area contributed by atoms with E-state index in [4.69, 9.17) is 33.0 Å². The second kappa shape index (κ2) is 5.56. The minimum Gasteiger partial charge on any atom is -0.480 e. The van der Waals surface area contributed by atoms with E-state index in [9.17, 15) is 4.79 Å². The Hall–Kier alpha value is -0.290. The van der Waals surface area contributed by atoms with E-state index in [2.05, 4.69) is 0 Å². The van der Waals surface area contributed by atoms with Crippen molar-refractivity contribution in [2.75, 3.05) is 26.3 Å².